The molecule has 1 aliphatic heterocycles. The van der Waals surface area contributed by atoms with E-state index in [1.165, 1.54) is 7.11 Å². The third-order valence-corrected chi connectivity index (χ3v) is 4.65. The second-order valence-corrected chi connectivity index (χ2v) is 6.08. The lowest BCUT2D eigenvalue weighted by Gasteiger charge is -2.33. The fourth-order valence-corrected chi connectivity index (χ4v) is 3.11. The summed E-state index contributed by atoms with van der Waals surface area (Å²) >= 11 is 6.26. The van der Waals surface area contributed by atoms with Gasteiger partial charge >= 0.3 is 0 Å². The van der Waals surface area contributed by atoms with E-state index in [1.807, 2.05) is 0 Å². The molecule has 0 saturated carbocycles. The van der Waals surface area contributed by atoms with Gasteiger partial charge in [-0.15, -0.1) is 0 Å². The molecule has 1 N–H and O–H groups in total. The first kappa shape index (κ1) is 16.3. The summed E-state index contributed by atoms with van der Waals surface area (Å²) in [6.45, 7) is 1.59. The minimum atomic E-state index is -1.36. The van der Waals surface area contributed by atoms with Gasteiger partial charge in [-0.25, -0.2) is 0 Å². The molecule has 24 heavy (non-hydrogen) atoms. The van der Waals surface area contributed by atoms with E-state index in [4.69, 9.17) is 21.1 Å². The SMILES string of the molecule is COc1ccc(C2(C)C(=O)Nc3cc(OC)cc(Cl)c3C2=O)cc1. The molecule has 6 heteroatoms. The zero-order valence-corrected chi connectivity index (χ0v) is 14.2. The molecule has 3 rings (SSSR count). The molecule has 0 bridgehead atoms. The molecule has 0 aliphatic carbocycles. The Balaban J connectivity index is 2.14. The number of nitrogens with one attached hydrogen (secondary N) is 1. The third kappa shape index (κ3) is 2.32. The van der Waals surface area contributed by atoms with Gasteiger partial charge in [0, 0.05) is 6.07 Å². The van der Waals surface area contributed by atoms with Crippen molar-refractivity contribution in [1.82, 2.24) is 0 Å². The van der Waals surface area contributed by atoms with Crippen LogP contribution in [0.4, 0.5) is 5.69 Å². The number of carbonyl (C=O) groups excluding carboxylic acids is 2. The molecule has 124 valence electrons. The average Bonchev–Trinajstić information content (AvgIpc) is 2.59. The molecule has 1 aliphatic rings. The maximum Gasteiger partial charge on any atom is 0.242 e. The molecule has 1 heterocycles. The number of anilines is 1. The van der Waals surface area contributed by atoms with E-state index >= 15 is 0 Å². The first-order valence-electron chi connectivity index (χ1n) is 7.30. The van der Waals surface area contributed by atoms with Crippen molar-refractivity contribution in [1.29, 1.82) is 0 Å². The number of halogens is 1. The second-order valence-electron chi connectivity index (χ2n) is 5.67. The minimum absolute atomic E-state index is 0.245. The summed E-state index contributed by atoms with van der Waals surface area (Å²) in [6, 6.07) is 9.99. The number of ether oxygens (including phenoxy) is 2. The number of carbonyl (C=O) groups is 2. The van der Waals surface area contributed by atoms with Gasteiger partial charge in [0.25, 0.3) is 0 Å². The van der Waals surface area contributed by atoms with Gasteiger partial charge in [0.2, 0.25) is 5.91 Å². The zero-order chi connectivity index (χ0) is 17.5. The van der Waals surface area contributed by atoms with Crippen LogP contribution in [0, 0.1) is 0 Å². The Bertz CT molecular complexity index is 832. The van der Waals surface area contributed by atoms with Crippen molar-refractivity contribution in [3.05, 3.63) is 52.5 Å². The Morgan fingerprint density at radius 3 is 2.21 bits per heavy atom. The fourth-order valence-electron chi connectivity index (χ4n) is 2.82. The first-order chi connectivity index (χ1) is 11.4. The summed E-state index contributed by atoms with van der Waals surface area (Å²) < 4.78 is 10.3. The molecule has 0 fully saturated rings. The zero-order valence-electron chi connectivity index (χ0n) is 13.5. The summed E-state index contributed by atoms with van der Waals surface area (Å²) in [6.07, 6.45) is 0. The van der Waals surface area contributed by atoms with Crippen LogP contribution in [0.15, 0.2) is 36.4 Å². The maximum atomic E-state index is 13.1. The lowest BCUT2D eigenvalue weighted by Crippen LogP contribution is -2.48. The lowest BCUT2D eigenvalue weighted by atomic mass is 9.73. The van der Waals surface area contributed by atoms with Crippen LogP contribution in [0.5, 0.6) is 11.5 Å². The van der Waals surface area contributed by atoms with Crippen LogP contribution in [0.1, 0.15) is 22.8 Å². The Labute approximate surface area is 144 Å². The van der Waals surface area contributed by atoms with Crippen LogP contribution in [0.2, 0.25) is 5.02 Å². The van der Waals surface area contributed by atoms with Gasteiger partial charge in [-0.05, 0) is 30.7 Å². The molecule has 0 spiro atoms. The number of methoxy groups -OCH3 is 2. The van der Waals surface area contributed by atoms with Gasteiger partial charge in [-0.1, -0.05) is 23.7 Å². The molecule has 0 aromatic heterocycles. The predicted octanol–water partition coefficient (Wildman–Crippen LogP) is 3.45. The van der Waals surface area contributed by atoms with E-state index in [9.17, 15) is 9.59 Å². The highest BCUT2D eigenvalue weighted by Gasteiger charge is 2.48. The molecular formula is C18H16ClNO4. The molecular weight excluding hydrogens is 330 g/mol. The second kappa shape index (κ2) is 5.83. The van der Waals surface area contributed by atoms with E-state index in [1.54, 1.807) is 50.4 Å². The van der Waals surface area contributed by atoms with Crippen molar-refractivity contribution in [2.45, 2.75) is 12.3 Å². The summed E-state index contributed by atoms with van der Waals surface area (Å²) in [5.41, 5.74) is -0.142. The molecule has 2 aromatic carbocycles. The number of amides is 1. The average molecular weight is 346 g/mol. The van der Waals surface area contributed by atoms with Crippen molar-refractivity contribution in [2.24, 2.45) is 0 Å². The Kier molecular flexibility index (Phi) is 3.97. The fraction of sp³-hybridized carbons (Fsp3) is 0.222. The summed E-state index contributed by atoms with van der Waals surface area (Å²) in [5, 5.41) is 3.01. The summed E-state index contributed by atoms with van der Waals surface area (Å²) in [4.78, 5) is 25.8. The van der Waals surface area contributed by atoms with Gasteiger partial charge < -0.3 is 14.8 Å². The number of ketones is 1. The van der Waals surface area contributed by atoms with Crippen LogP contribution >= 0.6 is 11.6 Å². The van der Waals surface area contributed by atoms with Gasteiger partial charge in [0.15, 0.2) is 5.78 Å². The molecule has 1 unspecified atom stereocenters. The van der Waals surface area contributed by atoms with Crippen molar-refractivity contribution in [2.75, 3.05) is 19.5 Å². The number of hydrogen-bond acceptors (Lipinski definition) is 4. The number of Topliss-reactive ketones (excluding diaryl/α,β-unsaturated/α-hetero) is 1. The molecule has 0 saturated heterocycles. The smallest absolute Gasteiger partial charge is 0.242 e. The Morgan fingerprint density at radius 1 is 1.00 bits per heavy atom. The topological polar surface area (TPSA) is 64.6 Å². The van der Waals surface area contributed by atoms with Crippen molar-refractivity contribution < 1.29 is 19.1 Å². The highest BCUT2D eigenvalue weighted by Crippen LogP contribution is 2.41. The molecule has 1 amide bonds. The van der Waals surface area contributed by atoms with Gasteiger partial charge in [-0.3, -0.25) is 9.59 Å². The van der Waals surface area contributed by atoms with Crippen molar-refractivity contribution in [3.63, 3.8) is 0 Å². The third-order valence-electron chi connectivity index (χ3n) is 4.35. The lowest BCUT2D eigenvalue weighted by molar-refractivity contribution is -0.119. The van der Waals surface area contributed by atoms with E-state index in [0.717, 1.165) is 0 Å². The van der Waals surface area contributed by atoms with Crippen molar-refractivity contribution in [3.8, 4) is 11.5 Å². The number of hydrogen-bond donors (Lipinski definition) is 1. The number of rotatable bonds is 3. The Morgan fingerprint density at radius 2 is 1.62 bits per heavy atom. The molecule has 2 aromatic rings. The first-order valence-corrected chi connectivity index (χ1v) is 7.68. The minimum Gasteiger partial charge on any atom is -0.497 e. The monoisotopic (exact) mass is 345 g/mol. The van der Waals surface area contributed by atoms with Crippen LogP contribution in [-0.4, -0.2) is 25.9 Å². The molecule has 5 nitrogen and oxygen atoms in total. The standard InChI is InChI=1S/C18H16ClNO4/c1-18(10-4-6-11(23-2)7-5-10)16(21)15-13(19)8-12(24-3)9-14(15)20-17(18)22/h4-9H,1-3H3,(H,20,22). The number of fused-ring (bicyclic) bond motifs is 1. The maximum absolute atomic E-state index is 13.1. The summed E-state index contributed by atoms with van der Waals surface area (Å²) in [7, 11) is 3.05. The van der Waals surface area contributed by atoms with Crippen LogP contribution in [0.25, 0.3) is 0 Å². The highest BCUT2D eigenvalue weighted by atomic mass is 35.5. The normalized spacial score (nSPS) is 19.5. The summed E-state index contributed by atoms with van der Waals surface area (Å²) in [5.74, 6) is 0.364. The molecule has 1 atom stereocenters. The van der Waals surface area contributed by atoms with Gasteiger partial charge in [-0.2, -0.15) is 0 Å². The van der Waals surface area contributed by atoms with E-state index in [2.05, 4.69) is 5.32 Å². The van der Waals surface area contributed by atoms with Crippen molar-refractivity contribution >= 4 is 29.0 Å². The van der Waals surface area contributed by atoms with Gasteiger partial charge in [0.05, 0.1) is 30.5 Å². The predicted molar refractivity (Wildman–Crippen MR) is 91.3 cm³/mol. The van der Waals surface area contributed by atoms with Crippen LogP contribution < -0.4 is 14.8 Å². The quantitative estimate of drug-likeness (QED) is 0.865. The van der Waals surface area contributed by atoms with Gasteiger partial charge in [0.1, 0.15) is 16.9 Å². The van der Waals surface area contributed by atoms with Crippen LogP contribution in [0.3, 0.4) is 0 Å². The highest BCUT2D eigenvalue weighted by molar-refractivity contribution is 6.38. The van der Waals surface area contributed by atoms with E-state index < -0.39 is 11.3 Å². The largest absolute Gasteiger partial charge is 0.497 e. The van der Waals surface area contributed by atoms with Crippen LogP contribution in [-0.2, 0) is 10.2 Å². The number of benzene rings is 2. The van der Waals surface area contributed by atoms with E-state index in [-0.39, 0.29) is 16.4 Å². The van der Waals surface area contributed by atoms with E-state index in [0.29, 0.717) is 22.7 Å². The molecule has 0 radical (unpaired) electrons. The Hall–Kier alpha value is -2.53.